The highest BCUT2D eigenvalue weighted by atomic mass is 35.5. The van der Waals surface area contributed by atoms with Gasteiger partial charge in [-0.05, 0) is 37.0 Å². The van der Waals surface area contributed by atoms with Crippen molar-refractivity contribution in [2.75, 3.05) is 20.2 Å². The maximum absolute atomic E-state index is 13.3. The lowest BCUT2D eigenvalue weighted by Gasteiger charge is -2.33. The van der Waals surface area contributed by atoms with Gasteiger partial charge in [0.05, 0.1) is 6.10 Å². The number of ether oxygens (including phenoxy) is 1. The van der Waals surface area contributed by atoms with Crippen LogP contribution in [0.25, 0.3) is 0 Å². The van der Waals surface area contributed by atoms with Crippen molar-refractivity contribution in [3.05, 3.63) is 46.4 Å². The van der Waals surface area contributed by atoms with Crippen molar-refractivity contribution < 1.29 is 19.4 Å². The number of benzene rings is 1. The molecule has 3 N–H and O–H groups in total. The number of nitrogens with one attached hydrogen (secondary N) is 2. The van der Waals surface area contributed by atoms with Gasteiger partial charge < -0.3 is 30.3 Å². The fourth-order valence-electron chi connectivity index (χ4n) is 3.96. The molecule has 1 saturated carbocycles. The first-order valence-electron chi connectivity index (χ1n) is 10.8. The first kappa shape index (κ1) is 23.4. The molecule has 0 bridgehead atoms. The molecule has 0 aromatic heterocycles. The minimum absolute atomic E-state index is 0.00370. The van der Waals surface area contributed by atoms with Crippen molar-refractivity contribution in [1.82, 2.24) is 20.4 Å². The number of aliphatic hydroxyl groups excluding tert-OH is 1. The predicted octanol–water partition coefficient (Wildman–Crippen LogP) is 2.13. The summed E-state index contributed by atoms with van der Waals surface area (Å²) in [7, 11) is 1.68. The number of carbonyl (C=O) groups is 2. The molecular weight excluding hydrogens is 420 g/mol. The van der Waals surface area contributed by atoms with Gasteiger partial charge in [-0.2, -0.15) is 0 Å². The summed E-state index contributed by atoms with van der Waals surface area (Å²) in [5.74, 6) is 0.0691. The molecule has 1 atom stereocenters. The third-order valence-corrected chi connectivity index (χ3v) is 5.87. The van der Waals surface area contributed by atoms with Crippen molar-refractivity contribution in [3.63, 3.8) is 0 Å². The van der Waals surface area contributed by atoms with Crippen LogP contribution >= 0.6 is 11.6 Å². The van der Waals surface area contributed by atoms with Gasteiger partial charge in [0.1, 0.15) is 11.5 Å². The second-order valence-electron chi connectivity index (χ2n) is 7.94. The van der Waals surface area contributed by atoms with E-state index < -0.39 is 6.35 Å². The van der Waals surface area contributed by atoms with Crippen LogP contribution in [0, 0.1) is 0 Å². The molecule has 1 aliphatic carbocycles. The lowest BCUT2D eigenvalue weighted by molar-refractivity contribution is -0.133. The number of likely N-dealkylation sites (N-methyl/N-ethyl adjacent to an activating group) is 1. The minimum Gasteiger partial charge on any atom is -0.396 e. The molecule has 9 heteroatoms. The number of hydrogen-bond acceptors (Lipinski definition) is 6. The highest BCUT2D eigenvalue weighted by Crippen LogP contribution is 2.29. The number of amides is 2. The van der Waals surface area contributed by atoms with Crippen molar-refractivity contribution in [1.29, 1.82) is 0 Å². The summed E-state index contributed by atoms with van der Waals surface area (Å²) >= 11 is 6.03. The molecule has 1 aromatic rings. The number of aliphatic hydroxyl groups is 1. The maximum atomic E-state index is 13.3. The van der Waals surface area contributed by atoms with Gasteiger partial charge in [-0.15, -0.1) is 0 Å². The maximum Gasteiger partial charge on any atom is 0.273 e. The van der Waals surface area contributed by atoms with Crippen LogP contribution in [0.5, 0.6) is 0 Å². The SMILES string of the molecule is CN(CCCO)C(=O)C1=C(NC=O)NC(OC2CCCCC2)N1Cc1ccc(Cl)cc1. The predicted molar refractivity (Wildman–Crippen MR) is 117 cm³/mol. The Balaban J connectivity index is 1.88. The molecular formula is C22H31ClN4O4. The smallest absolute Gasteiger partial charge is 0.273 e. The van der Waals surface area contributed by atoms with Crippen molar-refractivity contribution in [2.24, 2.45) is 0 Å². The number of halogens is 1. The molecule has 8 nitrogen and oxygen atoms in total. The second-order valence-corrected chi connectivity index (χ2v) is 8.37. The Hall–Kier alpha value is -2.29. The van der Waals surface area contributed by atoms with Crippen LogP contribution in [0.15, 0.2) is 35.8 Å². The molecule has 0 saturated heterocycles. The van der Waals surface area contributed by atoms with E-state index in [9.17, 15) is 9.59 Å². The third kappa shape index (κ3) is 6.12. The largest absolute Gasteiger partial charge is 0.396 e. The van der Waals surface area contributed by atoms with Gasteiger partial charge in [0, 0.05) is 31.8 Å². The molecule has 2 aliphatic rings. The molecule has 170 valence electrons. The van der Waals surface area contributed by atoms with Gasteiger partial charge in [-0.1, -0.05) is 43.0 Å². The topological polar surface area (TPSA) is 94.1 Å². The number of rotatable bonds is 10. The second kappa shape index (κ2) is 11.4. The summed E-state index contributed by atoms with van der Waals surface area (Å²) in [6, 6.07) is 7.42. The zero-order chi connectivity index (χ0) is 22.2. The lowest BCUT2D eigenvalue weighted by atomic mass is 9.98. The van der Waals surface area contributed by atoms with Crippen molar-refractivity contribution in [2.45, 2.75) is 57.5 Å². The normalized spacial score (nSPS) is 19.3. The monoisotopic (exact) mass is 450 g/mol. The Labute approximate surface area is 188 Å². The molecule has 31 heavy (non-hydrogen) atoms. The molecule has 1 unspecified atom stereocenters. The Bertz CT molecular complexity index is 780. The first-order chi connectivity index (χ1) is 15.0. The number of hydrogen-bond donors (Lipinski definition) is 3. The van der Waals surface area contributed by atoms with Gasteiger partial charge in [0.25, 0.3) is 5.91 Å². The summed E-state index contributed by atoms with van der Waals surface area (Å²) in [5, 5.41) is 15.6. The van der Waals surface area contributed by atoms with Gasteiger partial charge >= 0.3 is 0 Å². The third-order valence-electron chi connectivity index (χ3n) is 5.62. The van der Waals surface area contributed by atoms with E-state index in [1.165, 1.54) is 11.3 Å². The van der Waals surface area contributed by atoms with Crippen LogP contribution in [-0.4, -0.2) is 59.9 Å². The van der Waals surface area contributed by atoms with E-state index >= 15 is 0 Å². The van der Waals surface area contributed by atoms with Gasteiger partial charge in [-0.3, -0.25) is 9.59 Å². The highest BCUT2D eigenvalue weighted by molar-refractivity contribution is 6.30. The summed E-state index contributed by atoms with van der Waals surface area (Å²) in [5.41, 5.74) is 1.29. The first-order valence-corrected chi connectivity index (χ1v) is 11.1. The number of carbonyl (C=O) groups excluding carboxylic acids is 2. The standard InChI is InChI=1S/C22H31ClN4O4/c1-26(12-5-13-28)21(30)19-20(24-15-29)25-22(31-18-6-3-2-4-7-18)27(19)14-16-8-10-17(23)11-9-16/h8-11,15,18,22,25,28H,2-7,12-14H2,1H3,(H,24,29). The molecule has 0 spiro atoms. The fourth-order valence-corrected chi connectivity index (χ4v) is 4.09. The Morgan fingerprint density at radius 2 is 2.03 bits per heavy atom. The average molecular weight is 451 g/mol. The molecule has 2 amide bonds. The molecule has 0 radical (unpaired) electrons. The van der Waals surface area contributed by atoms with Crippen LogP contribution in [0.4, 0.5) is 0 Å². The summed E-state index contributed by atoms with van der Waals surface area (Å²) < 4.78 is 6.36. The van der Waals surface area contributed by atoms with Crippen LogP contribution in [0.3, 0.4) is 0 Å². The summed E-state index contributed by atoms with van der Waals surface area (Å²) in [4.78, 5) is 27.9. The van der Waals surface area contributed by atoms with Gasteiger partial charge in [0.2, 0.25) is 12.8 Å². The number of nitrogens with zero attached hydrogens (tertiary/aromatic N) is 2. The van der Waals surface area contributed by atoms with Gasteiger partial charge in [0.15, 0.2) is 0 Å². The van der Waals surface area contributed by atoms with E-state index in [1.807, 2.05) is 17.0 Å². The zero-order valence-corrected chi connectivity index (χ0v) is 18.6. The van der Waals surface area contributed by atoms with E-state index in [1.54, 1.807) is 19.2 Å². The summed E-state index contributed by atoms with van der Waals surface area (Å²) in [6.07, 6.45) is 5.94. The minimum atomic E-state index is -0.577. The van der Waals surface area contributed by atoms with E-state index in [-0.39, 0.29) is 18.6 Å². The Kier molecular flexibility index (Phi) is 8.57. The van der Waals surface area contributed by atoms with Crippen LogP contribution in [0.2, 0.25) is 5.02 Å². The highest BCUT2D eigenvalue weighted by Gasteiger charge is 2.38. The average Bonchev–Trinajstić information content (AvgIpc) is 3.10. The van der Waals surface area contributed by atoms with E-state index in [4.69, 9.17) is 21.4 Å². The summed E-state index contributed by atoms with van der Waals surface area (Å²) in [6.45, 7) is 0.799. The van der Waals surface area contributed by atoms with Crippen LogP contribution in [-0.2, 0) is 20.9 Å². The van der Waals surface area contributed by atoms with E-state index in [2.05, 4.69) is 10.6 Å². The zero-order valence-electron chi connectivity index (χ0n) is 17.8. The van der Waals surface area contributed by atoms with E-state index in [0.29, 0.717) is 42.5 Å². The Morgan fingerprint density at radius 1 is 1.32 bits per heavy atom. The quantitative estimate of drug-likeness (QED) is 0.473. The van der Waals surface area contributed by atoms with Crippen molar-refractivity contribution >= 4 is 23.9 Å². The molecule has 1 aliphatic heterocycles. The van der Waals surface area contributed by atoms with Crippen LogP contribution < -0.4 is 10.6 Å². The van der Waals surface area contributed by atoms with Gasteiger partial charge in [-0.25, -0.2) is 0 Å². The molecule has 1 fully saturated rings. The lowest BCUT2D eigenvalue weighted by Crippen LogP contribution is -2.45. The Morgan fingerprint density at radius 3 is 2.68 bits per heavy atom. The van der Waals surface area contributed by atoms with E-state index in [0.717, 1.165) is 31.2 Å². The molecule has 1 heterocycles. The van der Waals surface area contributed by atoms with Crippen LogP contribution in [0.1, 0.15) is 44.1 Å². The molecule has 3 rings (SSSR count). The fraction of sp³-hybridized carbons (Fsp3) is 0.545. The van der Waals surface area contributed by atoms with Crippen molar-refractivity contribution in [3.8, 4) is 0 Å². The molecule has 1 aromatic carbocycles.